The van der Waals surface area contributed by atoms with Crippen LogP contribution in [0.2, 0.25) is 0 Å². The molecule has 4 heteroatoms. The second-order valence-corrected chi connectivity index (χ2v) is 3.20. The molecule has 0 spiro atoms. The second-order valence-electron chi connectivity index (χ2n) is 3.20. The predicted octanol–water partition coefficient (Wildman–Crippen LogP) is 0.828. The zero-order valence-electron chi connectivity index (χ0n) is 7.51. The molecule has 1 heterocycles. The first-order valence-electron chi connectivity index (χ1n) is 4.43. The van der Waals surface area contributed by atoms with Gasteiger partial charge in [-0.25, -0.2) is 4.79 Å². The number of nitrogens with one attached hydrogen (secondary N) is 1. The van der Waals surface area contributed by atoms with Gasteiger partial charge in [0.05, 0.1) is 6.04 Å². The van der Waals surface area contributed by atoms with Crippen molar-refractivity contribution in [2.45, 2.75) is 12.1 Å². The van der Waals surface area contributed by atoms with Crippen LogP contribution in [-0.4, -0.2) is 23.8 Å². The van der Waals surface area contributed by atoms with E-state index >= 15 is 0 Å². The summed E-state index contributed by atoms with van der Waals surface area (Å²) in [5.41, 5.74) is 0.781. The van der Waals surface area contributed by atoms with Crippen LogP contribution in [0.4, 0.5) is 4.79 Å². The molecule has 0 unspecified atom stereocenters. The number of aliphatic hydroxyl groups excluding tert-OH is 1. The van der Waals surface area contributed by atoms with Crippen LogP contribution >= 0.6 is 0 Å². The van der Waals surface area contributed by atoms with E-state index in [4.69, 9.17) is 4.74 Å². The van der Waals surface area contributed by atoms with Crippen LogP contribution in [0.1, 0.15) is 11.7 Å². The standard InChI is InChI=1S/C10H11NO3/c12-9(7-4-2-1-3-5-7)8-6-14-10(13)11-8/h1-5,8-9,12H,6H2,(H,11,13)/t8-,9+/m0/s1. The number of ether oxygens (including phenoxy) is 1. The van der Waals surface area contributed by atoms with E-state index in [0.717, 1.165) is 5.56 Å². The lowest BCUT2D eigenvalue weighted by molar-refractivity contribution is 0.125. The maximum Gasteiger partial charge on any atom is 0.407 e. The average molecular weight is 193 g/mol. The van der Waals surface area contributed by atoms with Gasteiger partial charge in [0.15, 0.2) is 0 Å². The summed E-state index contributed by atoms with van der Waals surface area (Å²) < 4.78 is 4.70. The highest BCUT2D eigenvalue weighted by Gasteiger charge is 2.29. The van der Waals surface area contributed by atoms with Crippen molar-refractivity contribution >= 4 is 6.09 Å². The van der Waals surface area contributed by atoms with E-state index in [9.17, 15) is 9.90 Å². The smallest absolute Gasteiger partial charge is 0.407 e. The van der Waals surface area contributed by atoms with Gasteiger partial charge in [-0.15, -0.1) is 0 Å². The fourth-order valence-electron chi connectivity index (χ4n) is 1.45. The monoisotopic (exact) mass is 193 g/mol. The Morgan fingerprint density at radius 3 is 2.71 bits per heavy atom. The first-order chi connectivity index (χ1) is 6.77. The van der Waals surface area contributed by atoms with Crippen molar-refractivity contribution < 1.29 is 14.6 Å². The van der Waals surface area contributed by atoms with Crippen molar-refractivity contribution in [1.82, 2.24) is 5.32 Å². The maximum atomic E-state index is 10.7. The normalized spacial score (nSPS) is 22.6. The lowest BCUT2D eigenvalue weighted by Crippen LogP contribution is -2.32. The minimum Gasteiger partial charge on any atom is -0.447 e. The van der Waals surface area contributed by atoms with Crippen LogP contribution in [0, 0.1) is 0 Å². The second kappa shape index (κ2) is 3.67. The Morgan fingerprint density at radius 2 is 2.14 bits per heavy atom. The molecule has 74 valence electrons. The number of hydrogen-bond acceptors (Lipinski definition) is 3. The highest BCUT2D eigenvalue weighted by atomic mass is 16.6. The molecular weight excluding hydrogens is 182 g/mol. The van der Waals surface area contributed by atoms with Gasteiger partial charge in [0.1, 0.15) is 12.7 Å². The number of benzene rings is 1. The fraction of sp³-hybridized carbons (Fsp3) is 0.300. The molecule has 2 atom stereocenters. The van der Waals surface area contributed by atoms with Gasteiger partial charge in [-0.05, 0) is 5.56 Å². The molecule has 1 aromatic carbocycles. The van der Waals surface area contributed by atoms with Crippen molar-refractivity contribution in [2.75, 3.05) is 6.61 Å². The van der Waals surface area contributed by atoms with Crippen LogP contribution in [0.5, 0.6) is 0 Å². The minimum absolute atomic E-state index is 0.217. The van der Waals surface area contributed by atoms with Gasteiger partial charge in [-0.2, -0.15) is 0 Å². The average Bonchev–Trinajstić information content (AvgIpc) is 2.65. The molecule has 0 aliphatic carbocycles. The van der Waals surface area contributed by atoms with Crippen LogP contribution in [0.15, 0.2) is 30.3 Å². The maximum absolute atomic E-state index is 10.7. The lowest BCUT2D eigenvalue weighted by atomic mass is 10.0. The van der Waals surface area contributed by atoms with E-state index in [1.807, 2.05) is 30.3 Å². The molecule has 1 aliphatic rings. The van der Waals surface area contributed by atoms with Crippen LogP contribution < -0.4 is 5.32 Å². The van der Waals surface area contributed by atoms with Gasteiger partial charge in [0, 0.05) is 0 Å². The van der Waals surface area contributed by atoms with Crippen LogP contribution in [0.3, 0.4) is 0 Å². The Labute approximate surface area is 81.5 Å². The largest absolute Gasteiger partial charge is 0.447 e. The quantitative estimate of drug-likeness (QED) is 0.731. The van der Waals surface area contributed by atoms with E-state index in [-0.39, 0.29) is 12.6 Å². The number of alkyl carbamates (subject to hydrolysis) is 1. The predicted molar refractivity (Wildman–Crippen MR) is 49.7 cm³/mol. The first kappa shape index (κ1) is 9.02. The fourth-order valence-corrected chi connectivity index (χ4v) is 1.45. The first-order valence-corrected chi connectivity index (χ1v) is 4.43. The molecule has 0 saturated carbocycles. The van der Waals surface area contributed by atoms with E-state index in [1.165, 1.54) is 0 Å². The zero-order chi connectivity index (χ0) is 9.97. The van der Waals surface area contributed by atoms with E-state index in [2.05, 4.69) is 5.32 Å². The van der Waals surface area contributed by atoms with Gasteiger partial charge >= 0.3 is 6.09 Å². The number of cyclic esters (lactones) is 1. The number of hydrogen-bond donors (Lipinski definition) is 2. The third kappa shape index (κ3) is 1.70. The summed E-state index contributed by atoms with van der Waals surface area (Å²) in [4.78, 5) is 10.7. The molecule has 2 rings (SSSR count). The summed E-state index contributed by atoms with van der Waals surface area (Å²) in [5.74, 6) is 0. The summed E-state index contributed by atoms with van der Waals surface area (Å²) in [6.07, 6.45) is -1.17. The van der Waals surface area contributed by atoms with Crippen molar-refractivity contribution in [3.8, 4) is 0 Å². The van der Waals surface area contributed by atoms with Gasteiger partial charge in [0.2, 0.25) is 0 Å². The van der Waals surface area contributed by atoms with Crippen molar-refractivity contribution in [3.63, 3.8) is 0 Å². The molecule has 0 aromatic heterocycles. The SMILES string of the molecule is O=C1N[C@H]([C@H](O)c2ccccc2)CO1. The number of carbonyl (C=O) groups is 1. The molecule has 1 aliphatic heterocycles. The summed E-state index contributed by atoms with van der Waals surface area (Å²) in [5, 5.41) is 12.4. The van der Waals surface area contributed by atoms with Crippen molar-refractivity contribution in [3.05, 3.63) is 35.9 Å². The third-order valence-electron chi connectivity index (χ3n) is 2.22. The van der Waals surface area contributed by atoms with Gasteiger partial charge in [-0.3, -0.25) is 0 Å². The topological polar surface area (TPSA) is 58.6 Å². The van der Waals surface area contributed by atoms with Crippen LogP contribution in [-0.2, 0) is 4.74 Å². The summed E-state index contributed by atoms with van der Waals surface area (Å²) >= 11 is 0. The summed E-state index contributed by atoms with van der Waals surface area (Å²) in [7, 11) is 0. The van der Waals surface area contributed by atoms with Gasteiger partial charge in [0.25, 0.3) is 0 Å². The summed E-state index contributed by atoms with van der Waals surface area (Å²) in [6, 6.07) is 8.85. The third-order valence-corrected chi connectivity index (χ3v) is 2.22. The molecule has 0 radical (unpaired) electrons. The minimum atomic E-state index is -0.706. The molecule has 1 saturated heterocycles. The van der Waals surface area contributed by atoms with Crippen molar-refractivity contribution in [2.24, 2.45) is 0 Å². The molecule has 0 bridgehead atoms. The van der Waals surface area contributed by atoms with E-state index < -0.39 is 12.2 Å². The molecule has 1 aromatic rings. The molecular formula is C10H11NO3. The number of rotatable bonds is 2. The molecule has 14 heavy (non-hydrogen) atoms. The Bertz CT molecular complexity index is 325. The molecule has 4 nitrogen and oxygen atoms in total. The number of carbonyl (C=O) groups excluding carboxylic acids is 1. The Hall–Kier alpha value is -1.55. The Balaban J connectivity index is 2.09. The van der Waals surface area contributed by atoms with E-state index in [0.29, 0.717) is 0 Å². The van der Waals surface area contributed by atoms with Crippen molar-refractivity contribution in [1.29, 1.82) is 0 Å². The highest BCUT2D eigenvalue weighted by Crippen LogP contribution is 2.18. The molecule has 1 amide bonds. The zero-order valence-corrected chi connectivity index (χ0v) is 7.51. The Morgan fingerprint density at radius 1 is 1.43 bits per heavy atom. The molecule has 1 fully saturated rings. The van der Waals surface area contributed by atoms with E-state index in [1.54, 1.807) is 0 Å². The van der Waals surface area contributed by atoms with Gasteiger partial charge in [-0.1, -0.05) is 30.3 Å². The highest BCUT2D eigenvalue weighted by molar-refractivity contribution is 5.69. The molecule has 2 N–H and O–H groups in total. The Kier molecular flexibility index (Phi) is 2.37. The van der Waals surface area contributed by atoms with Crippen LogP contribution in [0.25, 0.3) is 0 Å². The van der Waals surface area contributed by atoms with Gasteiger partial charge < -0.3 is 15.2 Å². The number of aliphatic hydroxyl groups is 1. The lowest BCUT2D eigenvalue weighted by Gasteiger charge is -2.15. The number of amides is 1. The summed E-state index contributed by atoms with van der Waals surface area (Å²) in [6.45, 7) is 0.217.